The number of rotatable bonds is 4. The molecule has 1 aromatic heterocycles. The Morgan fingerprint density at radius 1 is 1.21 bits per heavy atom. The number of aromatic carboxylic acids is 1. The quantitative estimate of drug-likeness (QED) is 0.842. The van der Waals surface area contributed by atoms with Crippen molar-refractivity contribution < 1.29 is 14.7 Å². The summed E-state index contributed by atoms with van der Waals surface area (Å²) >= 11 is 0. The zero-order chi connectivity index (χ0) is 19.8. The van der Waals surface area contributed by atoms with Gasteiger partial charge in [-0.1, -0.05) is 18.9 Å². The van der Waals surface area contributed by atoms with Crippen LogP contribution in [0.15, 0.2) is 36.5 Å². The van der Waals surface area contributed by atoms with E-state index in [0.717, 1.165) is 24.2 Å². The molecule has 2 heterocycles. The van der Waals surface area contributed by atoms with E-state index < -0.39 is 5.97 Å². The Morgan fingerprint density at radius 3 is 2.68 bits per heavy atom. The first-order valence-corrected chi connectivity index (χ1v) is 9.62. The molecule has 7 heteroatoms. The smallest absolute Gasteiger partial charge is 0.335 e. The fraction of sp³-hybridized carbons (Fsp3) is 0.381. The fourth-order valence-corrected chi connectivity index (χ4v) is 4.27. The Morgan fingerprint density at radius 2 is 1.96 bits per heavy atom. The molecule has 0 radical (unpaired) electrons. The van der Waals surface area contributed by atoms with Gasteiger partial charge in [0.25, 0.3) is 0 Å². The predicted molar refractivity (Wildman–Crippen MR) is 109 cm³/mol. The number of carbonyl (C=O) groups is 2. The van der Waals surface area contributed by atoms with Crippen LogP contribution in [0.3, 0.4) is 0 Å². The van der Waals surface area contributed by atoms with Crippen LogP contribution in [0.2, 0.25) is 0 Å². The summed E-state index contributed by atoms with van der Waals surface area (Å²) < 4.78 is 0. The highest BCUT2D eigenvalue weighted by Crippen LogP contribution is 2.41. The van der Waals surface area contributed by atoms with Gasteiger partial charge in [0.05, 0.1) is 23.1 Å². The molecule has 2 aromatic rings. The molecule has 7 nitrogen and oxygen atoms in total. The molecule has 1 aromatic carbocycles. The molecular formula is C21H24N4O3. The number of pyridine rings is 1. The summed E-state index contributed by atoms with van der Waals surface area (Å²) in [7, 11) is 1.79. The van der Waals surface area contributed by atoms with E-state index in [2.05, 4.69) is 15.2 Å². The Labute approximate surface area is 164 Å². The van der Waals surface area contributed by atoms with Crippen molar-refractivity contribution in [3.05, 3.63) is 42.1 Å². The molecular weight excluding hydrogens is 356 g/mol. The van der Waals surface area contributed by atoms with Crippen LogP contribution in [-0.2, 0) is 4.79 Å². The van der Waals surface area contributed by atoms with Gasteiger partial charge in [0.2, 0.25) is 5.91 Å². The third-order valence-electron chi connectivity index (χ3n) is 5.71. The molecule has 1 atom stereocenters. The van der Waals surface area contributed by atoms with Crippen molar-refractivity contribution in [2.45, 2.75) is 44.7 Å². The third-order valence-corrected chi connectivity index (χ3v) is 5.71. The molecule has 0 saturated heterocycles. The summed E-state index contributed by atoms with van der Waals surface area (Å²) in [5, 5.41) is 12.4. The van der Waals surface area contributed by atoms with Gasteiger partial charge in [-0.25, -0.2) is 9.78 Å². The van der Waals surface area contributed by atoms with Crippen LogP contribution in [0, 0.1) is 0 Å². The van der Waals surface area contributed by atoms with Crippen LogP contribution in [0.1, 0.15) is 43.0 Å². The maximum atomic E-state index is 12.7. The van der Waals surface area contributed by atoms with Crippen molar-refractivity contribution in [2.24, 2.45) is 0 Å². The van der Waals surface area contributed by atoms with Crippen molar-refractivity contribution in [1.82, 2.24) is 4.98 Å². The maximum absolute atomic E-state index is 12.7. The van der Waals surface area contributed by atoms with E-state index in [-0.39, 0.29) is 17.5 Å². The van der Waals surface area contributed by atoms with Crippen molar-refractivity contribution in [3.63, 3.8) is 0 Å². The minimum atomic E-state index is -0.969. The Kier molecular flexibility index (Phi) is 4.66. The largest absolute Gasteiger partial charge is 0.478 e. The monoisotopic (exact) mass is 380 g/mol. The molecule has 1 amide bonds. The van der Waals surface area contributed by atoms with Crippen molar-refractivity contribution in [2.75, 3.05) is 22.2 Å². The maximum Gasteiger partial charge on any atom is 0.335 e. The van der Waals surface area contributed by atoms with Crippen molar-refractivity contribution in [3.8, 4) is 0 Å². The number of nitrogens with zero attached hydrogens (tertiary/aromatic N) is 3. The molecule has 4 rings (SSSR count). The van der Waals surface area contributed by atoms with Gasteiger partial charge in [-0.05, 0) is 38.0 Å². The molecule has 2 N–H and O–H groups in total. The van der Waals surface area contributed by atoms with Crippen LogP contribution in [0.4, 0.5) is 22.9 Å². The van der Waals surface area contributed by atoms with Crippen LogP contribution >= 0.6 is 0 Å². The lowest BCUT2D eigenvalue weighted by molar-refractivity contribution is -0.119. The number of likely N-dealkylation sites (N-methyl/N-ethyl adjacent to an activating group) is 1. The van der Waals surface area contributed by atoms with Gasteiger partial charge >= 0.3 is 5.97 Å². The number of nitrogens with one attached hydrogen (secondary N) is 1. The number of fused-ring (bicyclic) bond motifs is 1. The summed E-state index contributed by atoms with van der Waals surface area (Å²) in [6.07, 6.45) is 6.26. The Hall–Kier alpha value is -3.09. The number of carboxylic acids is 1. The first-order valence-electron chi connectivity index (χ1n) is 9.62. The molecule has 146 valence electrons. The van der Waals surface area contributed by atoms with E-state index in [9.17, 15) is 14.7 Å². The lowest BCUT2D eigenvalue weighted by Crippen LogP contribution is -2.54. The average molecular weight is 380 g/mol. The van der Waals surface area contributed by atoms with E-state index in [1.54, 1.807) is 42.4 Å². The molecule has 28 heavy (non-hydrogen) atoms. The van der Waals surface area contributed by atoms with Gasteiger partial charge in [-0.3, -0.25) is 4.79 Å². The normalized spacial score (nSPS) is 19.6. The van der Waals surface area contributed by atoms with Gasteiger partial charge in [0.1, 0.15) is 11.9 Å². The van der Waals surface area contributed by atoms with Crippen LogP contribution in [0.5, 0.6) is 0 Å². The highest BCUT2D eigenvalue weighted by Gasteiger charge is 2.38. The van der Waals surface area contributed by atoms with E-state index in [0.29, 0.717) is 17.5 Å². The first-order chi connectivity index (χ1) is 13.5. The molecule has 1 saturated carbocycles. The average Bonchev–Trinajstić information content (AvgIpc) is 3.21. The number of carboxylic acid groups (broad SMARTS) is 1. The molecule has 1 fully saturated rings. The zero-order valence-corrected chi connectivity index (χ0v) is 16.1. The second-order valence-electron chi connectivity index (χ2n) is 7.49. The highest BCUT2D eigenvalue weighted by atomic mass is 16.4. The standard InChI is InChI=1S/C21H24N4O3/c1-13-20(26)24(2)18-12-22-19(11-17(18)25(13)16-8-3-4-9-16)23-15-7-5-6-14(10-15)21(27)28/h5-7,10-13,16H,3-4,8-9H2,1-2H3,(H,22,23)(H,27,28)/t13-/m1/s1. The van der Waals surface area contributed by atoms with E-state index >= 15 is 0 Å². The summed E-state index contributed by atoms with van der Waals surface area (Å²) in [6.45, 7) is 1.96. The van der Waals surface area contributed by atoms with Crippen molar-refractivity contribution in [1.29, 1.82) is 0 Å². The topological polar surface area (TPSA) is 85.8 Å². The zero-order valence-electron chi connectivity index (χ0n) is 16.1. The lowest BCUT2D eigenvalue weighted by atomic mass is 10.0. The lowest BCUT2D eigenvalue weighted by Gasteiger charge is -2.43. The molecule has 2 aliphatic rings. The van der Waals surface area contributed by atoms with Gasteiger partial charge in [0.15, 0.2) is 0 Å². The number of anilines is 4. The van der Waals surface area contributed by atoms with Crippen LogP contribution in [0.25, 0.3) is 0 Å². The number of carbonyl (C=O) groups excluding carboxylic acids is 1. The van der Waals surface area contributed by atoms with Gasteiger partial charge in [-0.2, -0.15) is 0 Å². The minimum absolute atomic E-state index is 0.0797. The van der Waals surface area contributed by atoms with Gasteiger partial charge in [0, 0.05) is 24.8 Å². The Balaban J connectivity index is 1.70. The molecule has 0 unspecified atom stereocenters. The second-order valence-corrected chi connectivity index (χ2v) is 7.49. The summed E-state index contributed by atoms with van der Waals surface area (Å²) in [5.74, 6) is -0.265. The van der Waals surface area contributed by atoms with Gasteiger partial charge < -0.3 is 20.2 Å². The summed E-state index contributed by atoms with van der Waals surface area (Å²) in [5.41, 5.74) is 2.68. The van der Waals surface area contributed by atoms with E-state index in [1.807, 2.05) is 13.0 Å². The molecule has 1 aliphatic heterocycles. The second kappa shape index (κ2) is 7.14. The van der Waals surface area contributed by atoms with Crippen LogP contribution in [-0.4, -0.2) is 41.1 Å². The van der Waals surface area contributed by atoms with Crippen molar-refractivity contribution >= 4 is 34.8 Å². The number of benzene rings is 1. The van der Waals surface area contributed by atoms with Crippen LogP contribution < -0.4 is 15.1 Å². The van der Waals surface area contributed by atoms with Gasteiger partial charge in [-0.15, -0.1) is 0 Å². The predicted octanol–water partition coefficient (Wildman–Crippen LogP) is 3.64. The number of aromatic nitrogens is 1. The molecule has 0 spiro atoms. The first kappa shape index (κ1) is 18.3. The number of hydrogen-bond acceptors (Lipinski definition) is 5. The molecule has 0 bridgehead atoms. The SMILES string of the molecule is C[C@@H]1C(=O)N(C)c2cnc(Nc3cccc(C(=O)O)c3)cc2N1C1CCCC1. The molecule has 1 aliphatic carbocycles. The Bertz CT molecular complexity index is 924. The number of amides is 1. The summed E-state index contributed by atoms with van der Waals surface area (Å²) in [4.78, 5) is 32.3. The summed E-state index contributed by atoms with van der Waals surface area (Å²) in [6, 6.07) is 8.74. The fourth-order valence-electron chi connectivity index (χ4n) is 4.27. The number of hydrogen-bond donors (Lipinski definition) is 2. The third kappa shape index (κ3) is 3.17. The highest BCUT2D eigenvalue weighted by molar-refractivity contribution is 6.05. The minimum Gasteiger partial charge on any atom is -0.478 e. The van der Waals surface area contributed by atoms with E-state index in [1.165, 1.54) is 12.8 Å². The van der Waals surface area contributed by atoms with E-state index in [4.69, 9.17) is 0 Å².